The van der Waals surface area contributed by atoms with E-state index in [-0.39, 0.29) is 0 Å². The molecule has 104 valence electrons. The molecule has 0 radical (unpaired) electrons. The van der Waals surface area contributed by atoms with Crippen molar-refractivity contribution in [2.24, 2.45) is 0 Å². The number of thiocarbonyl (C=S) groups is 1. The van der Waals surface area contributed by atoms with E-state index in [0.717, 1.165) is 22.5 Å². The maximum absolute atomic E-state index is 6.16. The summed E-state index contributed by atoms with van der Waals surface area (Å²) in [4.78, 5) is 0. The highest BCUT2D eigenvalue weighted by molar-refractivity contribution is 7.80. The van der Waals surface area contributed by atoms with Crippen LogP contribution in [0.4, 0.5) is 11.4 Å². The first-order valence-electron chi connectivity index (χ1n) is 6.07. The van der Waals surface area contributed by atoms with E-state index in [9.17, 15) is 0 Å². The molecule has 0 atom stereocenters. The Balaban J connectivity index is 2.18. The first kappa shape index (κ1) is 15.1. The minimum absolute atomic E-state index is 0.456. The summed E-state index contributed by atoms with van der Waals surface area (Å²) in [5, 5.41) is 7.94. The predicted octanol–water partition coefficient (Wildman–Crippen LogP) is 5.42. The van der Waals surface area contributed by atoms with Crippen LogP contribution in [0.15, 0.2) is 36.4 Å². The molecule has 2 rings (SSSR count). The van der Waals surface area contributed by atoms with Gasteiger partial charge in [0.25, 0.3) is 0 Å². The van der Waals surface area contributed by atoms with Crippen molar-refractivity contribution >= 4 is 51.9 Å². The van der Waals surface area contributed by atoms with Crippen LogP contribution in [0.25, 0.3) is 0 Å². The van der Waals surface area contributed by atoms with Gasteiger partial charge in [0.2, 0.25) is 0 Å². The van der Waals surface area contributed by atoms with Crippen LogP contribution in [0.1, 0.15) is 11.1 Å². The minimum atomic E-state index is 0.456. The highest BCUT2D eigenvalue weighted by Crippen LogP contribution is 2.27. The van der Waals surface area contributed by atoms with E-state index >= 15 is 0 Å². The largest absolute Gasteiger partial charge is 0.331 e. The van der Waals surface area contributed by atoms with Crippen LogP contribution in [0, 0.1) is 13.8 Å². The fraction of sp³-hybridized carbons (Fsp3) is 0.133. The van der Waals surface area contributed by atoms with Gasteiger partial charge in [0.15, 0.2) is 5.11 Å². The Labute approximate surface area is 134 Å². The molecule has 0 bridgehead atoms. The Morgan fingerprint density at radius 1 is 0.850 bits per heavy atom. The van der Waals surface area contributed by atoms with Crippen LogP contribution < -0.4 is 10.6 Å². The third-order valence-electron chi connectivity index (χ3n) is 2.92. The van der Waals surface area contributed by atoms with E-state index < -0.39 is 0 Å². The van der Waals surface area contributed by atoms with Crippen LogP contribution in [0.3, 0.4) is 0 Å². The maximum atomic E-state index is 6.16. The fourth-order valence-electron chi connectivity index (χ4n) is 1.84. The van der Waals surface area contributed by atoms with Crippen LogP contribution in [0.5, 0.6) is 0 Å². The highest BCUT2D eigenvalue weighted by atomic mass is 35.5. The molecule has 20 heavy (non-hydrogen) atoms. The van der Waals surface area contributed by atoms with E-state index in [1.165, 1.54) is 0 Å². The van der Waals surface area contributed by atoms with E-state index in [0.29, 0.717) is 15.2 Å². The van der Waals surface area contributed by atoms with Crippen molar-refractivity contribution in [2.75, 3.05) is 10.6 Å². The normalized spacial score (nSPS) is 10.2. The second-order valence-corrected chi connectivity index (χ2v) is 5.67. The number of aryl methyl sites for hydroxylation is 2. The number of hydrogen-bond acceptors (Lipinski definition) is 1. The third-order valence-corrected chi connectivity index (χ3v) is 3.76. The topological polar surface area (TPSA) is 24.1 Å². The molecule has 0 aliphatic carbocycles. The summed E-state index contributed by atoms with van der Waals surface area (Å²) in [6.45, 7) is 3.94. The number of hydrogen-bond donors (Lipinski definition) is 2. The van der Waals surface area contributed by atoms with Crippen molar-refractivity contribution in [3.8, 4) is 0 Å². The number of rotatable bonds is 2. The molecular weight excluding hydrogens is 311 g/mol. The van der Waals surface area contributed by atoms with Crippen molar-refractivity contribution in [3.63, 3.8) is 0 Å². The monoisotopic (exact) mass is 324 g/mol. The number of nitrogens with one attached hydrogen (secondary N) is 2. The molecule has 2 N–H and O–H groups in total. The van der Waals surface area contributed by atoms with Crippen molar-refractivity contribution in [3.05, 3.63) is 57.6 Å². The third kappa shape index (κ3) is 3.42. The lowest BCUT2D eigenvalue weighted by atomic mass is 10.2. The molecule has 0 aliphatic rings. The Morgan fingerprint density at radius 3 is 1.60 bits per heavy atom. The van der Waals surface area contributed by atoms with Crippen molar-refractivity contribution in [2.45, 2.75) is 13.8 Å². The Hall–Kier alpha value is -1.29. The van der Waals surface area contributed by atoms with Gasteiger partial charge < -0.3 is 10.6 Å². The van der Waals surface area contributed by atoms with Crippen LogP contribution in [-0.2, 0) is 0 Å². The molecule has 5 heteroatoms. The molecule has 0 spiro atoms. The molecule has 0 unspecified atom stereocenters. The zero-order valence-electron chi connectivity index (χ0n) is 11.1. The van der Waals surface area contributed by atoms with Crippen molar-refractivity contribution < 1.29 is 0 Å². The maximum Gasteiger partial charge on any atom is 0.175 e. The minimum Gasteiger partial charge on any atom is -0.331 e. The molecule has 0 aromatic heterocycles. The molecule has 0 saturated heterocycles. The van der Waals surface area contributed by atoms with Crippen molar-refractivity contribution in [1.29, 1.82) is 0 Å². The lowest BCUT2D eigenvalue weighted by molar-refractivity contribution is 1.43. The van der Waals surface area contributed by atoms with Crippen LogP contribution in [0.2, 0.25) is 10.0 Å². The Kier molecular flexibility index (Phi) is 4.86. The zero-order chi connectivity index (χ0) is 14.7. The van der Waals surface area contributed by atoms with Gasteiger partial charge in [-0.1, -0.05) is 47.5 Å². The molecule has 0 amide bonds. The Morgan fingerprint density at radius 2 is 1.25 bits per heavy atom. The predicted molar refractivity (Wildman–Crippen MR) is 92.2 cm³/mol. The van der Waals surface area contributed by atoms with Gasteiger partial charge in [0.05, 0.1) is 21.4 Å². The number of anilines is 2. The molecule has 0 heterocycles. The Bertz CT molecular complexity index is 560. The fourth-order valence-corrected chi connectivity index (χ4v) is 2.58. The van der Waals surface area contributed by atoms with Gasteiger partial charge in [-0.2, -0.15) is 0 Å². The standard InChI is InChI=1S/C15H14Cl2N2S/c1-9-5-3-7-11(16)13(9)18-15(20)19-14-10(2)6-4-8-12(14)17/h3-8H,1-2H3,(H2,18,19,20). The molecule has 2 aromatic carbocycles. The first-order valence-corrected chi connectivity index (χ1v) is 7.23. The molecule has 0 saturated carbocycles. The smallest absolute Gasteiger partial charge is 0.175 e. The van der Waals surface area contributed by atoms with E-state index in [1.54, 1.807) is 0 Å². The second kappa shape index (κ2) is 6.44. The average Bonchev–Trinajstić information content (AvgIpc) is 2.39. The second-order valence-electron chi connectivity index (χ2n) is 4.44. The van der Waals surface area contributed by atoms with Gasteiger partial charge >= 0.3 is 0 Å². The van der Waals surface area contributed by atoms with E-state index in [1.807, 2.05) is 50.2 Å². The van der Waals surface area contributed by atoms with E-state index in [2.05, 4.69) is 10.6 Å². The number of para-hydroxylation sites is 2. The summed E-state index contributed by atoms with van der Waals surface area (Å²) in [6, 6.07) is 11.4. The summed E-state index contributed by atoms with van der Waals surface area (Å²) in [6.07, 6.45) is 0. The molecule has 0 aliphatic heterocycles. The lowest BCUT2D eigenvalue weighted by Gasteiger charge is -2.16. The van der Waals surface area contributed by atoms with Crippen LogP contribution >= 0.6 is 35.4 Å². The van der Waals surface area contributed by atoms with Gasteiger partial charge in [0, 0.05) is 0 Å². The summed E-state index contributed by atoms with van der Waals surface area (Å²) in [5.41, 5.74) is 3.66. The van der Waals surface area contributed by atoms with E-state index in [4.69, 9.17) is 35.4 Å². The highest BCUT2D eigenvalue weighted by Gasteiger charge is 2.08. The summed E-state index contributed by atoms with van der Waals surface area (Å²) < 4.78 is 0. The summed E-state index contributed by atoms with van der Waals surface area (Å²) >= 11 is 17.6. The number of halogens is 2. The van der Waals surface area contributed by atoms with Gasteiger partial charge in [-0.15, -0.1) is 0 Å². The van der Waals surface area contributed by atoms with Gasteiger partial charge in [-0.05, 0) is 49.3 Å². The van der Waals surface area contributed by atoms with Crippen LogP contribution in [-0.4, -0.2) is 5.11 Å². The van der Waals surface area contributed by atoms with Gasteiger partial charge in [-0.3, -0.25) is 0 Å². The van der Waals surface area contributed by atoms with Gasteiger partial charge in [0.1, 0.15) is 0 Å². The number of benzene rings is 2. The lowest BCUT2D eigenvalue weighted by Crippen LogP contribution is -2.20. The first-order chi connectivity index (χ1) is 9.49. The van der Waals surface area contributed by atoms with Crippen molar-refractivity contribution in [1.82, 2.24) is 0 Å². The molecule has 0 fully saturated rings. The molecule has 2 nitrogen and oxygen atoms in total. The average molecular weight is 325 g/mol. The zero-order valence-corrected chi connectivity index (χ0v) is 13.5. The summed E-state index contributed by atoms with van der Waals surface area (Å²) in [7, 11) is 0. The molecule has 2 aromatic rings. The quantitative estimate of drug-likeness (QED) is 0.721. The van der Waals surface area contributed by atoms with Gasteiger partial charge in [-0.25, -0.2) is 0 Å². The molecular formula is C15H14Cl2N2S. The summed E-state index contributed by atoms with van der Waals surface area (Å²) in [5.74, 6) is 0. The SMILES string of the molecule is Cc1cccc(Cl)c1NC(=S)Nc1c(C)cccc1Cl.